The van der Waals surface area contributed by atoms with Crippen LogP contribution < -0.4 is 5.32 Å². The lowest BCUT2D eigenvalue weighted by molar-refractivity contribution is -0.140. The van der Waals surface area contributed by atoms with Gasteiger partial charge in [-0.25, -0.2) is 0 Å². The number of hydrogen-bond donors (Lipinski definition) is 2. The van der Waals surface area contributed by atoms with Crippen LogP contribution in [-0.2, 0) is 4.79 Å². The summed E-state index contributed by atoms with van der Waals surface area (Å²) in [4.78, 5) is 10.6. The molecule has 1 atom stereocenters. The lowest BCUT2D eigenvalue weighted by atomic mass is 10.1. The number of nitriles is 1. The number of carbonyl (C=O) groups is 1. The Kier molecular flexibility index (Phi) is 3.90. The smallest absolute Gasteiger partial charge is 0.308 e. The van der Waals surface area contributed by atoms with Crippen LogP contribution in [0, 0.1) is 24.2 Å². The average Bonchev–Trinajstić information content (AvgIpc) is 2.25. The fourth-order valence-corrected chi connectivity index (χ4v) is 1.26. The molecule has 0 amide bonds. The SMILES string of the molecule is Cc1cc(NCC(C)C(=O)O)ccc1C#N. The molecule has 0 fully saturated rings. The summed E-state index contributed by atoms with van der Waals surface area (Å²) in [6.45, 7) is 3.87. The van der Waals surface area contributed by atoms with Crippen molar-refractivity contribution in [3.8, 4) is 6.07 Å². The minimum atomic E-state index is -0.821. The van der Waals surface area contributed by atoms with Gasteiger partial charge in [0.15, 0.2) is 0 Å². The molecule has 0 aliphatic heterocycles. The van der Waals surface area contributed by atoms with Gasteiger partial charge < -0.3 is 10.4 Å². The van der Waals surface area contributed by atoms with Crippen molar-refractivity contribution in [3.63, 3.8) is 0 Å². The van der Waals surface area contributed by atoms with Crippen LogP contribution in [0.5, 0.6) is 0 Å². The van der Waals surface area contributed by atoms with Crippen LogP contribution in [-0.4, -0.2) is 17.6 Å². The maximum absolute atomic E-state index is 10.6. The molecule has 0 bridgehead atoms. The Hall–Kier alpha value is -2.02. The number of carboxylic acids is 1. The zero-order valence-corrected chi connectivity index (χ0v) is 9.32. The van der Waals surface area contributed by atoms with E-state index in [2.05, 4.69) is 11.4 Å². The Morgan fingerprint density at radius 1 is 1.62 bits per heavy atom. The number of nitrogens with one attached hydrogen (secondary N) is 1. The van der Waals surface area contributed by atoms with Gasteiger partial charge in [-0.1, -0.05) is 6.92 Å². The number of anilines is 1. The first-order valence-corrected chi connectivity index (χ1v) is 5.02. The molecular weight excluding hydrogens is 204 g/mol. The molecule has 0 radical (unpaired) electrons. The lowest BCUT2D eigenvalue weighted by Crippen LogP contribution is -2.19. The summed E-state index contributed by atoms with van der Waals surface area (Å²) in [6, 6.07) is 7.43. The van der Waals surface area contributed by atoms with Crippen molar-refractivity contribution in [2.75, 3.05) is 11.9 Å². The number of nitrogens with zero attached hydrogens (tertiary/aromatic N) is 1. The third-order valence-electron chi connectivity index (χ3n) is 2.38. The first kappa shape index (κ1) is 12.1. The van der Waals surface area contributed by atoms with E-state index >= 15 is 0 Å². The van der Waals surface area contributed by atoms with Gasteiger partial charge in [0.1, 0.15) is 0 Å². The zero-order valence-electron chi connectivity index (χ0n) is 9.32. The molecule has 1 aromatic carbocycles. The number of hydrogen-bond acceptors (Lipinski definition) is 3. The minimum absolute atomic E-state index is 0.376. The van der Waals surface area contributed by atoms with E-state index in [4.69, 9.17) is 10.4 Å². The van der Waals surface area contributed by atoms with Crippen molar-refractivity contribution in [2.45, 2.75) is 13.8 Å². The second kappa shape index (κ2) is 5.17. The molecule has 0 saturated heterocycles. The molecule has 1 rings (SSSR count). The summed E-state index contributed by atoms with van der Waals surface area (Å²) in [5, 5.41) is 20.5. The van der Waals surface area contributed by atoms with Gasteiger partial charge in [-0.2, -0.15) is 5.26 Å². The molecule has 1 aromatic rings. The van der Waals surface area contributed by atoms with Crippen LogP contribution in [0.4, 0.5) is 5.69 Å². The van der Waals surface area contributed by atoms with Gasteiger partial charge in [0.2, 0.25) is 0 Å². The molecule has 0 aliphatic rings. The molecule has 0 heterocycles. The van der Waals surface area contributed by atoms with E-state index in [1.54, 1.807) is 19.1 Å². The van der Waals surface area contributed by atoms with Gasteiger partial charge in [-0.15, -0.1) is 0 Å². The minimum Gasteiger partial charge on any atom is -0.481 e. The molecule has 0 spiro atoms. The Bertz CT molecular complexity index is 435. The summed E-state index contributed by atoms with van der Waals surface area (Å²) in [6.07, 6.45) is 0. The van der Waals surface area contributed by atoms with Crippen molar-refractivity contribution in [2.24, 2.45) is 5.92 Å². The van der Waals surface area contributed by atoms with E-state index in [1.165, 1.54) is 0 Å². The third-order valence-corrected chi connectivity index (χ3v) is 2.38. The van der Waals surface area contributed by atoms with E-state index in [-0.39, 0.29) is 0 Å². The summed E-state index contributed by atoms with van der Waals surface area (Å²) in [7, 11) is 0. The van der Waals surface area contributed by atoms with E-state index in [0.717, 1.165) is 11.3 Å². The maximum atomic E-state index is 10.6. The first-order chi connectivity index (χ1) is 7.54. The maximum Gasteiger partial charge on any atom is 0.308 e. The van der Waals surface area contributed by atoms with Crippen LogP contribution in [0.2, 0.25) is 0 Å². The standard InChI is InChI=1S/C12H14N2O2/c1-8-5-11(4-3-10(8)6-13)14-7-9(2)12(15)16/h3-5,9,14H,7H2,1-2H3,(H,15,16). The topological polar surface area (TPSA) is 73.1 Å². The van der Waals surface area contributed by atoms with Gasteiger partial charge in [0, 0.05) is 12.2 Å². The predicted molar refractivity (Wildman–Crippen MR) is 61.2 cm³/mol. The molecule has 0 saturated carbocycles. The molecule has 0 aliphatic carbocycles. The number of carboxylic acid groups (broad SMARTS) is 1. The first-order valence-electron chi connectivity index (χ1n) is 5.02. The quantitative estimate of drug-likeness (QED) is 0.810. The fraction of sp³-hybridized carbons (Fsp3) is 0.333. The molecule has 0 aromatic heterocycles. The highest BCUT2D eigenvalue weighted by Gasteiger charge is 2.10. The highest BCUT2D eigenvalue weighted by molar-refractivity contribution is 5.70. The van der Waals surface area contributed by atoms with Crippen LogP contribution in [0.25, 0.3) is 0 Å². The molecule has 4 heteroatoms. The number of rotatable bonds is 4. The fourth-order valence-electron chi connectivity index (χ4n) is 1.26. The Labute approximate surface area is 94.5 Å². The molecule has 16 heavy (non-hydrogen) atoms. The zero-order chi connectivity index (χ0) is 12.1. The van der Waals surface area contributed by atoms with Gasteiger partial charge in [0.25, 0.3) is 0 Å². The van der Waals surface area contributed by atoms with Crippen LogP contribution >= 0.6 is 0 Å². The molecule has 1 unspecified atom stereocenters. The highest BCUT2D eigenvalue weighted by atomic mass is 16.4. The van der Waals surface area contributed by atoms with Gasteiger partial charge in [0.05, 0.1) is 17.6 Å². The normalized spacial score (nSPS) is 11.6. The number of aliphatic carboxylic acids is 1. The second-order valence-electron chi connectivity index (χ2n) is 3.76. The Morgan fingerprint density at radius 2 is 2.31 bits per heavy atom. The average molecular weight is 218 g/mol. The largest absolute Gasteiger partial charge is 0.481 e. The summed E-state index contributed by atoms with van der Waals surface area (Å²) in [5.74, 6) is -1.26. The van der Waals surface area contributed by atoms with E-state index < -0.39 is 11.9 Å². The van der Waals surface area contributed by atoms with E-state index in [1.807, 2.05) is 13.0 Å². The molecule has 2 N–H and O–H groups in total. The Morgan fingerprint density at radius 3 is 2.81 bits per heavy atom. The number of benzene rings is 1. The third kappa shape index (κ3) is 2.99. The molecule has 84 valence electrons. The van der Waals surface area contributed by atoms with Gasteiger partial charge in [-0.3, -0.25) is 4.79 Å². The van der Waals surface area contributed by atoms with Crippen LogP contribution in [0.15, 0.2) is 18.2 Å². The van der Waals surface area contributed by atoms with Gasteiger partial charge in [-0.05, 0) is 30.7 Å². The van der Waals surface area contributed by atoms with Crippen LogP contribution in [0.3, 0.4) is 0 Å². The van der Waals surface area contributed by atoms with E-state index in [0.29, 0.717) is 12.1 Å². The van der Waals surface area contributed by atoms with Crippen LogP contribution in [0.1, 0.15) is 18.1 Å². The summed E-state index contributed by atoms with van der Waals surface area (Å²) in [5.41, 5.74) is 2.36. The van der Waals surface area contributed by atoms with Crippen molar-refractivity contribution >= 4 is 11.7 Å². The van der Waals surface area contributed by atoms with Crippen molar-refractivity contribution in [3.05, 3.63) is 29.3 Å². The number of aryl methyl sites for hydroxylation is 1. The molecule has 4 nitrogen and oxygen atoms in total. The van der Waals surface area contributed by atoms with Crippen molar-refractivity contribution in [1.29, 1.82) is 5.26 Å². The van der Waals surface area contributed by atoms with Crippen molar-refractivity contribution in [1.82, 2.24) is 0 Å². The summed E-state index contributed by atoms with van der Waals surface area (Å²) < 4.78 is 0. The highest BCUT2D eigenvalue weighted by Crippen LogP contribution is 2.14. The second-order valence-corrected chi connectivity index (χ2v) is 3.76. The van der Waals surface area contributed by atoms with E-state index in [9.17, 15) is 4.79 Å². The summed E-state index contributed by atoms with van der Waals surface area (Å²) >= 11 is 0. The van der Waals surface area contributed by atoms with Crippen molar-refractivity contribution < 1.29 is 9.90 Å². The van der Waals surface area contributed by atoms with Gasteiger partial charge >= 0.3 is 5.97 Å². The lowest BCUT2D eigenvalue weighted by Gasteiger charge is -2.10. The monoisotopic (exact) mass is 218 g/mol. The Balaban J connectivity index is 2.66. The molecular formula is C12H14N2O2. The predicted octanol–water partition coefficient (Wildman–Crippen LogP) is 2.00.